The fraction of sp³-hybridized carbons (Fsp3) is 0.350. The van der Waals surface area contributed by atoms with E-state index in [9.17, 15) is 9.18 Å². The van der Waals surface area contributed by atoms with Gasteiger partial charge in [0.25, 0.3) is 0 Å². The Labute approximate surface area is 142 Å². The molecule has 1 aliphatic carbocycles. The van der Waals surface area contributed by atoms with Crippen LogP contribution in [0.5, 0.6) is 0 Å². The van der Waals surface area contributed by atoms with Gasteiger partial charge in [0, 0.05) is 39.3 Å². The van der Waals surface area contributed by atoms with Crippen LogP contribution in [0, 0.1) is 11.7 Å². The average Bonchev–Trinajstić information content (AvgIpc) is 3.35. The number of anilines is 1. The Morgan fingerprint density at radius 3 is 2.46 bits per heavy atom. The number of rotatable bonds is 5. The second-order valence-electron chi connectivity index (χ2n) is 6.76. The van der Waals surface area contributed by atoms with Crippen LogP contribution < -0.4 is 4.90 Å². The number of hydrogen-bond donors (Lipinski definition) is 0. The van der Waals surface area contributed by atoms with Crippen molar-refractivity contribution in [1.29, 1.82) is 0 Å². The predicted octanol–water partition coefficient (Wildman–Crippen LogP) is 3.65. The standard InChI is InChI=1S/C20H23FN2O/c1-22(2)17-9-7-14(8-10-17)13-23(3)20(24)19-12-18(19)15-5-4-6-16(21)11-15/h4-11,18-19H,12-13H2,1-3H3. The van der Waals surface area contributed by atoms with Gasteiger partial charge in [-0.05, 0) is 47.7 Å². The quantitative estimate of drug-likeness (QED) is 0.837. The van der Waals surface area contributed by atoms with Gasteiger partial charge in [-0.2, -0.15) is 0 Å². The molecule has 1 amide bonds. The van der Waals surface area contributed by atoms with Gasteiger partial charge in [-0.15, -0.1) is 0 Å². The monoisotopic (exact) mass is 326 g/mol. The lowest BCUT2D eigenvalue weighted by Gasteiger charge is -2.18. The van der Waals surface area contributed by atoms with Crippen LogP contribution in [0.4, 0.5) is 10.1 Å². The maximum atomic E-state index is 13.3. The van der Waals surface area contributed by atoms with Crippen molar-refractivity contribution in [3.8, 4) is 0 Å². The highest BCUT2D eigenvalue weighted by Crippen LogP contribution is 2.48. The zero-order valence-electron chi connectivity index (χ0n) is 14.4. The first-order valence-corrected chi connectivity index (χ1v) is 8.22. The Morgan fingerprint density at radius 1 is 1.12 bits per heavy atom. The zero-order valence-corrected chi connectivity index (χ0v) is 14.4. The van der Waals surface area contributed by atoms with E-state index in [2.05, 4.69) is 24.3 Å². The molecule has 3 rings (SSSR count). The zero-order chi connectivity index (χ0) is 17.3. The van der Waals surface area contributed by atoms with Gasteiger partial charge in [-0.1, -0.05) is 24.3 Å². The van der Waals surface area contributed by atoms with E-state index >= 15 is 0 Å². The lowest BCUT2D eigenvalue weighted by atomic mass is 10.1. The van der Waals surface area contributed by atoms with Gasteiger partial charge >= 0.3 is 0 Å². The van der Waals surface area contributed by atoms with Gasteiger partial charge in [0.2, 0.25) is 5.91 Å². The molecule has 0 N–H and O–H groups in total. The molecule has 2 aromatic carbocycles. The van der Waals surface area contributed by atoms with Crippen LogP contribution in [-0.2, 0) is 11.3 Å². The van der Waals surface area contributed by atoms with Crippen molar-refractivity contribution in [3.63, 3.8) is 0 Å². The number of halogens is 1. The van der Waals surface area contributed by atoms with Crippen LogP contribution in [0.3, 0.4) is 0 Å². The minimum Gasteiger partial charge on any atom is -0.378 e. The topological polar surface area (TPSA) is 23.6 Å². The van der Waals surface area contributed by atoms with Gasteiger partial charge in [0.15, 0.2) is 0 Å². The van der Waals surface area contributed by atoms with Crippen molar-refractivity contribution >= 4 is 11.6 Å². The molecule has 2 unspecified atom stereocenters. The Balaban J connectivity index is 1.59. The van der Waals surface area contributed by atoms with Gasteiger partial charge in [-0.25, -0.2) is 4.39 Å². The molecule has 0 spiro atoms. The Kier molecular flexibility index (Phi) is 4.56. The Hall–Kier alpha value is -2.36. The van der Waals surface area contributed by atoms with Crippen molar-refractivity contribution in [2.24, 2.45) is 5.92 Å². The summed E-state index contributed by atoms with van der Waals surface area (Å²) in [6.45, 7) is 0.596. The number of carbonyl (C=O) groups is 1. The molecule has 2 aromatic rings. The van der Waals surface area contributed by atoms with E-state index in [0.29, 0.717) is 6.54 Å². The lowest BCUT2D eigenvalue weighted by Crippen LogP contribution is -2.28. The molecule has 2 atom stereocenters. The molecule has 0 heterocycles. The fourth-order valence-electron chi connectivity index (χ4n) is 3.11. The summed E-state index contributed by atoms with van der Waals surface area (Å²) in [7, 11) is 5.85. The molecular formula is C20H23FN2O. The smallest absolute Gasteiger partial charge is 0.226 e. The number of carbonyl (C=O) groups excluding carboxylic acids is 1. The third kappa shape index (κ3) is 3.58. The van der Waals surface area contributed by atoms with E-state index in [-0.39, 0.29) is 23.6 Å². The van der Waals surface area contributed by atoms with Crippen LogP contribution >= 0.6 is 0 Å². The number of nitrogens with zero attached hydrogens (tertiary/aromatic N) is 2. The molecule has 0 aromatic heterocycles. The molecule has 1 saturated carbocycles. The van der Waals surface area contributed by atoms with E-state index in [1.807, 2.05) is 32.1 Å². The second kappa shape index (κ2) is 6.63. The van der Waals surface area contributed by atoms with E-state index in [4.69, 9.17) is 0 Å². The summed E-state index contributed by atoms with van der Waals surface area (Å²) in [6.07, 6.45) is 0.812. The van der Waals surface area contributed by atoms with Crippen molar-refractivity contribution in [2.45, 2.75) is 18.9 Å². The summed E-state index contributed by atoms with van der Waals surface area (Å²) < 4.78 is 13.3. The third-order valence-corrected chi connectivity index (χ3v) is 4.63. The van der Waals surface area contributed by atoms with Crippen LogP contribution in [0.25, 0.3) is 0 Å². The largest absolute Gasteiger partial charge is 0.378 e. The molecular weight excluding hydrogens is 303 g/mol. The fourth-order valence-corrected chi connectivity index (χ4v) is 3.11. The minimum atomic E-state index is -0.236. The van der Waals surface area contributed by atoms with Crippen LogP contribution in [0.1, 0.15) is 23.5 Å². The molecule has 1 aliphatic rings. The normalized spacial score (nSPS) is 19.0. The summed E-state index contributed by atoms with van der Waals surface area (Å²) in [5, 5.41) is 0. The predicted molar refractivity (Wildman–Crippen MR) is 94.5 cm³/mol. The summed E-state index contributed by atoms with van der Waals surface area (Å²) in [4.78, 5) is 16.4. The summed E-state index contributed by atoms with van der Waals surface area (Å²) in [5.41, 5.74) is 3.18. The number of amides is 1. The highest BCUT2D eigenvalue weighted by molar-refractivity contribution is 5.82. The van der Waals surface area contributed by atoms with Crippen molar-refractivity contribution < 1.29 is 9.18 Å². The molecule has 1 fully saturated rings. The van der Waals surface area contributed by atoms with Crippen molar-refractivity contribution in [3.05, 3.63) is 65.5 Å². The second-order valence-corrected chi connectivity index (χ2v) is 6.76. The molecule has 4 heteroatoms. The third-order valence-electron chi connectivity index (χ3n) is 4.63. The Bertz CT molecular complexity index is 727. The molecule has 126 valence electrons. The first-order valence-electron chi connectivity index (χ1n) is 8.22. The first kappa shape index (κ1) is 16.5. The van der Waals surface area contributed by atoms with E-state index < -0.39 is 0 Å². The SMILES string of the molecule is CN(Cc1ccc(N(C)C)cc1)C(=O)C1CC1c1cccc(F)c1. The first-order chi connectivity index (χ1) is 11.5. The average molecular weight is 326 g/mol. The minimum absolute atomic E-state index is 0.0159. The van der Waals surface area contributed by atoms with Gasteiger partial charge in [-0.3, -0.25) is 4.79 Å². The van der Waals surface area contributed by atoms with Gasteiger partial charge in [0.1, 0.15) is 5.82 Å². The summed E-state index contributed by atoms with van der Waals surface area (Å²) >= 11 is 0. The molecule has 0 aliphatic heterocycles. The molecule has 0 saturated heterocycles. The van der Waals surface area contributed by atoms with E-state index in [1.54, 1.807) is 11.0 Å². The van der Waals surface area contributed by atoms with Gasteiger partial charge in [0.05, 0.1) is 0 Å². The van der Waals surface area contributed by atoms with E-state index in [0.717, 1.165) is 23.2 Å². The highest BCUT2D eigenvalue weighted by Gasteiger charge is 2.45. The summed E-state index contributed by atoms with van der Waals surface area (Å²) in [6, 6.07) is 14.8. The maximum absolute atomic E-state index is 13.3. The Morgan fingerprint density at radius 2 is 1.83 bits per heavy atom. The van der Waals surface area contributed by atoms with E-state index in [1.165, 1.54) is 12.1 Å². The van der Waals surface area contributed by atoms with Crippen LogP contribution in [0.15, 0.2) is 48.5 Å². The maximum Gasteiger partial charge on any atom is 0.226 e. The van der Waals surface area contributed by atoms with Crippen molar-refractivity contribution in [1.82, 2.24) is 4.90 Å². The lowest BCUT2D eigenvalue weighted by molar-refractivity contribution is -0.131. The van der Waals surface area contributed by atoms with Crippen LogP contribution in [-0.4, -0.2) is 32.0 Å². The van der Waals surface area contributed by atoms with Crippen molar-refractivity contribution in [2.75, 3.05) is 26.0 Å². The molecule has 24 heavy (non-hydrogen) atoms. The number of benzene rings is 2. The van der Waals surface area contributed by atoms with Crippen LogP contribution in [0.2, 0.25) is 0 Å². The van der Waals surface area contributed by atoms with Gasteiger partial charge < -0.3 is 9.80 Å². The summed E-state index contributed by atoms with van der Waals surface area (Å²) in [5.74, 6) is 0.0468. The molecule has 3 nitrogen and oxygen atoms in total. The molecule has 0 bridgehead atoms. The number of hydrogen-bond acceptors (Lipinski definition) is 2. The highest BCUT2D eigenvalue weighted by atomic mass is 19.1. The molecule has 0 radical (unpaired) electrons.